The Kier molecular flexibility index (Phi) is 2.25. The van der Waals surface area contributed by atoms with E-state index in [4.69, 9.17) is 10.5 Å². The highest BCUT2D eigenvalue weighted by Gasteiger charge is 2.18. The molecular weight excluding hydrogens is 114 g/mol. The van der Waals surface area contributed by atoms with Gasteiger partial charge in [0.15, 0.2) is 0 Å². The zero-order chi connectivity index (χ0) is 6.69. The van der Waals surface area contributed by atoms with Gasteiger partial charge < -0.3 is 10.5 Å². The van der Waals surface area contributed by atoms with Crippen LogP contribution in [0.2, 0.25) is 0 Å². The molecule has 1 aliphatic rings. The van der Waals surface area contributed by atoms with E-state index in [2.05, 4.69) is 6.58 Å². The van der Waals surface area contributed by atoms with Gasteiger partial charge in [-0.3, -0.25) is 0 Å². The maximum Gasteiger partial charge on any atom is 0.0904 e. The third-order valence-corrected chi connectivity index (χ3v) is 1.65. The van der Waals surface area contributed by atoms with Crippen LogP contribution >= 0.6 is 0 Å². The smallest absolute Gasteiger partial charge is 0.0904 e. The van der Waals surface area contributed by atoms with Crippen LogP contribution < -0.4 is 5.73 Å². The number of rotatable bonds is 1. The molecule has 2 unspecified atom stereocenters. The summed E-state index contributed by atoms with van der Waals surface area (Å²) in [6.45, 7) is 4.47. The Bertz CT molecular complexity index is 103. The van der Waals surface area contributed by atoms with E-state index in [9.17, 15) is 0 Å². The SMILES string of the molecule is C=CC1OCCCC1N. The van der Waals surface area contributed by atoms with E-state index < -0.39 is 0 Å². The lowest BCUT2D eigenvalue weighted by Crippen LogP contribution is -2.39. The summed E-state index contributed by atoms with van der Waals surface area (Å²) in [4.78, 5) is 0. The summed E-state index contributed by atoms with van der Waals surface area (Å²) in [7, 11) is 0. The van der Waals surface area contributed by atoms with Crippen molar-refractivity contribution in [3.05, 3.63) is 12.7 Å². The first kappa shape index (κ1) is 6.78. The Labute approximate surface area is 55.7 Å². The molecule has 0 spiro atoms. The molecule has 1 heterocycles. The standard InChI is InChI=1S/C7H13NO/c1-2-7-6(8)4-3-5-9-7/h2,6-7H,1,3-5,8H2. The molecule has 0 bridgehead atoms. The van der Waals surface area contributed by atoms with Crippen LogP contribution in [0.4, 0.5) is 0 Å². The highest BCUT2D eigenvalue weighted by molar-refractivity contribution is 4.90. The summed E-state index contributed by atoms with van der Waals surface area (Å²) < 4.78 is 5.30. The monoisotopic (exact) mass is 127 g/mol. The van der Waals surface area contributed by atoms with Crippen molar-refractivity contribution >= 4 is 0 Å². The second kappa shape index (κ2) is 2.99. The van der Waals surface area contributed by atoms with E-state index in [-0.39, 0.29) is 12.1 Å². The van der Waals surface area contributed by atoms with E-state index in [1.807, 2.05) is 0 Å². The first-order chi connectivity index (χ1) is 4.34. The summed E-state index contributed by atoms with van der Waals surface area (Å²) in [6, 6.07) is 0.177. The Morgan fingerprint density at radius 1 is 1.67 bits per heavy atom. The quantitative estimate of drug-likeness (QED) is 0.526. The average Bonchev–Trinajstić information content (AvgIpc) is 1.89. The molecule has 0 aromatic heterocycles. The molecule has 1 aliphatic heterocycles. The fourth-order valence-corrected chi connectivity index (χ4v) is 1.07. The number of ether oxygens (including phenoxy) is 1. The molecule has 1 rings (SSSR count). The van der Waals surface area contributed by atoms with Gasteiger partial charge in [0.1, 0.15) is 0 Å². The third kappa shape index (κ3) is 1.53. The summed E-state index contributed by atoms with van der Waals surface area (Å²) in [5.74, 6) is 0. The Hall–Kier alpha value is -0.340. The van der Waals surface area contributed by atoms with E-state index in [1.54, 1.807) is 6.08 Å². The lowest BCUT2D eigenvalue weighted by molar-refractivity contribution is 0.0320. The number of hydrogen-bond acceptors (Lipinski definition) is 2. The molecule has 0 amide bonds. The van der Waals surface area contributed by atoms with Gasteiger partial charge >= 0.3 is 0 Å². The van der Waals surface area contributed by atoms with Gasteiger partial charge in [-0.1, -0.05) is 6.08 Å². The Morgan fingerprint density at radius 3 is 2.89 bits per heavy atom. The predicted molar refractivity (Wildman–Crippen MR) is 37.1 cm³/mol. The summed E-state index contributed by atoms with van der Waals surface area (Å²) in [5, 5.41) is 0. The van der Waals surface area contributed by atoms with Crippen molar-refractivity contribution in [2.24, 2.45) is 5.73 Å². The molecule has 0 saturated carbocycles. The molecule has 0 aromatic carbocycles. The van der Waals surface area contributed by atoms with E-state index in [0.717, 1.165) is 19.4 Å². The molecule has 2 N–H and O–H groups in total. The Morgan fingerprint density at radius 2 is 2.44 bits per heavy atom. The maximum absolute atomic E-state index is 5.69. The van der Waals surface area contributed by atoms with Crippen molar-refractivity contribution in [2.75, 3.05) is 6.61 Å². The van der Waals surface area contributed by atoms with Gasteiger partial charge in [0.25, 0.3) is 0 Å². The minimum atomic E-state index is 0.0961. The van der Waals surface area contributed by atoms with Gasteiger partial charge in [-0.05, 0) is 12.8 Å². The summed E-state index contributed by atoms with van der Waals surface area (Å²) in [5.41, 5.74) is 5.69. The summed E-state index contributed by atoms with van der Waals surface area (Å²) in [6.07, 6.45) is 4.03. The van der Waals surface area contributed by atoms with Crippen LogP contribution in [0.15, 0.2) is 12.7 Å². The zero-order valence-electron chi connectivity index (χ0n) is 5.55. The Balaban J connectivity index is 2.38. The summed E-state index contributed by atoms with van der Waals surface area (Å²) >= 11 is 0. The van der Waals surface area contributed by atoms with Crippen LogP contribution in [-0.2, 0) is 4.74 Å². The number of nitrogens with two attached hydrogens (primary N) is 1. The van der Waals surface area contributed by atoms with E-state index in [0.29, 0.717) is 0 Å². The van der Waals surface area contributed by atoms with Crippen molar-refractivity contribution in [3.8, 4) is 0 Å². The highest BCUT2D eigenvalue weighted by atomic mass is 16.5. The lowest BCUT2D eigenvalue weighted by atomic mass is 10.0. The predicted octanol–water partition coefficient (Wildman–Crippen LogP) is 0.679. The zero-order valence-corrected chi connectivity index (χ0v) is 5.55. The molecule has 0 radical (unpaired) electrons. The molecule has 52 valence electrons. The molecule has 1 fully saturated rings. The number of hydrogen-bond donors (Lipinski definition) is 1. The van der Waals surface area contributed by atoms with Gasteiger partial charge in [-0.2, -0.15) is 0 Å². The minimum Gasteiger partial charge on any atom is -0.373 e. The van der Waals surface area contributed by atoms with Gasteiger partial charge in [-0.25, -0.2) is 0 Å². The first-order valence-corrected chi connectivity index (χ1v) is 3.34. The second-order valence-electron chi connectivity index (χ2n) is 2.38. The molecule has 9 heavy (non-hydrogen) atoms. The maximum atomic E-state index is 5.69. The molecule has 0 aromatic rings. The van der Waals surface area contributed by atoms with Crippen LogP contribution in [0.5, 0.6) is 0 Å². The second-order valence-corrected chi connectivity index (χ2v) is 2.38. The van der Waals surface area contributed by atoms with Gasteiger partial charge in [0.2, 0.25) is 0 Å². The van der Waals surface area contributed by atoms with Crippen LogP contribution in [0.3, 0.4) is 0 Å². The van der Waals surface area contributed by atoms with Crippen LogP contribution in [-0.4, -0.2) is 18.8 Å². The molecule has 0 aliphatic carbocycles. The fraction of sp³-hybridized carbons (Fsp3) is 0.714. The van der Waals surface area contributed by atoms with Crippen molar-refractivity contribution in [1.82, 2.24) is 0 Å². The van der Waals surface area contributed by atoms with E-state index in [1.165, 1.54) is 0 Å². The largest absolute Gasteiger partial charge is 0.373 e. The molecule has 2 atom stereocenters. The molecule has 2 nitrogen and oxygen atoms in total. The van der Waals surface area contributed by atoms with Crippen molar-refractivity contribution < 1.29 is 4.74 Å². The van der Waals surface area contributed by atoms with Gasteiger partial charge in [0, 0.05) is 12.6 Å². The van der Waals surface area contributed by atoms with Gasteiger partial charge in [0.05, 0.1) is 6.10 Å². The third-order valence-electron chi connectivity index (χ3n) is 1.65. The average molecular weight is 127 g/mol. The topological polar surface area (TPSA) is 35.2 Å². The van der Waals surface area contributed by atoms with Crippen LogP contribution in [0, 0.1) is 0 Å². The van der Waals surface area contributed by atoms with Gasteiger partial charge in [-0.15, -0.1) is 6.58 Å². The van der Waals surface area contributed by atoms with Crippen LogP contribution in [0.25, 0.3) is 0 Å². The van der Waals surface area contributed by atoms with Crippen molar-refractivity contribution in [1.29, 1.82) is 0 Å². The normalized spacial score (nSPS) is 36.1. The minimum absolute atomic E-state index is 0.0961. The molecule has 1 saturated heterocycles. The van der Waals surface area contributed by atoms with E-state index >= 15 is 0 Å². The van der Waals surface area contributed by atoms with Crippen molar-refractivity contribution in [2.45, 2.75) is 25.0 Å². The highest BCUT2D eigenvalue weighted by Crippen LogP contribution is 2.11. The van der Waals surface area contributed by atoms with Crippen LogP contribution in [0.1, 0.15) is 12.8 Å². The molecular formula is C7H13NO. The van der Waals surface area contributed by atoms with Crippen molar-refractivity contribution in [3.63, 3.8) is 0 Å². The lowest BCUT2D eigenvalue weighted by Gasteiger charge is -2.25. The first-order valence-electron chi connectivity index (χ1n) is 3.34. The fourth-order valence-electron chi connectivity index (χ4n) is 1.07. The molecule has 2 heteroatoms.